The molecule has 1 aliphatic rings. The molecule has 172 valence electrons. The molecule has 1 aliphatic heterocycles. The Hall–Kier alpha value is -3.51. The van der Waals surface area contributed by atoms with Crippen LogP contribution in [0.2, 0.25) is 0 Å². The number of alkyl halides is 1. The lowest BCUT2D eigenvalue weighted by molar-refractivity contribution is 0.0955. The van der Waals surface area contributed by atoms with Crippen molar-refractivity contribution in [1.29, 1.82) is 0 Å². The summed E-state index contributed by atoms with van der Waals surface area (Å²) in [6.45, 7) is 0.530. The second-order valence-corrected chi connectivity index (χ2v) is 8.43. The largest absolute Gasteiger partial charge is 0.470 e. The lowest BCUT2D eigenvalue weighted by atomic mass is 10.3. The van der Waals surface area contributed by atoms with Crippen molar-refractivity contribution in [3.8, 4) is 11.6 Å². The van der Waals surface area contributed by atoms with Gasteiger partial charge in [0.1, 0.15) is 18.3 Å². The van der Waals surface area contributed by atoms with E-state index in [9.17, 15) is 9.18 Å². The van der Waals surface area contributed by atoms with Gasteiger partial charge in [-0.2, -0.15) is 10.1 Å². The number of aryl methyl sites for hydroxylation is 1. The number of fused-ring (bicyclic) bond motifs is 1. The molecular weight excluding hydrogens is 449 g/mol. The van der Waals surface area contributed by atoms with Crippen molar-refractivity contribution < 1.29 is 18.7 Å². The minimum Gasteiger partial charge on any atom is -0.470 e. The van der Waals surface area contributed by atoms with E-state index >= 15 is 0 Å². The maximum Gasteiger partial charge on any atom is 0.261 e. The van der Waals surface area contributed by atoms with Crippen LogP contribution < -0.4 is 15.4 Å². The first kappa shape index (κ1) is 21.3. The Morgan fingerprint density at radius 2 is 2.33 bits per heavy atom. The fourth-order valence-electron chi connectivity index (χ4n) is 3.56. The lowest BCUT2D eigenvalue weighted by Crippen LogP contribution is -2.24. The van der Waals surface area contributed by atoms with Crippen LogP contribution >= 0.6 is 11.3 Å². The number of hydrogen-bond donors (Lipinski definition) is 2. The average Bonchev–Trinajstić information content (AvgIpc) is 3.59. The zero-order chi connectivity index (χ0) is 22.8. The predicted octanol–water partition coefficient (Wildman–Crippen LogP) is 2.83. The minimum absolute atomic E-state index is 0.0151. The van der Waals surface area contributed by atoms with Crippen LogP contribution in [0.4, 0.5) is 16.0 Å². The van der Waals surface area contributed by atoms with Crippen molar-refractivity contribution in [2.24, 2.45) is 7.05 Å². The first-order valence-corrected chi connectivity index (χ1v) is 11.3. The van der Waals surface area contributed by atoms with E-state index in [2.05, 4.69) is 25.7 Å². The van der Waals surface area contributed by atoms with Gasteiger partial charge in [-0.1, -0.05) is 0 Å². The molecule has 4 aromatic rings. The average molecular weight is 472 g/mol. The number of carbonyl (C=O) groups is 1. The standard InChI is InChI=1S/C21H22FN7O3S/c1-28-10-14(9-24-28)29-6-2-16-18(29)20(32-15-3-7-31-11-15)27-21(26-16)25-13-8-17(33-12-13)19(30)23-5-4-22/h2,6,8-10,12,15H,3-5,7,11H2,1H3,(H,23,30)(H,25,26,27)/t15-/m0/s1. The van der Waals surface area contributed by atoms with Gasteiger partial charge in [0.15, 0.2) is 0 Å². The van der Waals surface area contributed by atoms with Crippen molar-refractivity contribution in [1.82, 2.24) is 29.6 Å². The SMILES string of the molecule is Cn1cc(-n2ccc3nc(Nc4csc(C(=O)NCCF)c4)nc(O[C@H]4CCOC4)c32)cn1. The summed E-state index contributed by atoms with van der Waals surface area (Å²) in [6, 6.07) is 3.56. The number of carbonyl (C=O) groups excluding carboxylic acids is 1. The summed E-state index contributed by atoms with van der Waals surface area (Å²) in [4.78, 5) is 21.8. The number of aromatic nitrogens is 5. The Labute approximate surface area is 192 Å². The normalized spacial score (nSPS) is 15.8. The molecule has 1 atom stereocenters. The van der Waals surface area contributed by atoms with E-state index in [1.165, 1.54) is 11.3 Å². The molecule has 0 radical (unpaired) electrons. The highest BCUT2D eigenvalue weighted by atomic mass is 32.1. The molecule has 0 spiro atoms. The molecule has 1 fully saturated rings. The maximum atomic E-state index is 12.3. The summed E-state index contributed by atoms with van der Waals surface area (Å²) < 4.78 is 27.7. The summed E-state index contributed by atoms with van der Waals surface area (Å²) in [5.41, 5.74) is 2.95. The fraction of sp³-hybridized carbons (Fsp3) is 0.333. The van der Waals surface area contributed by atoms with Crippen LogP contribution in [-0.2, 0) is 11.8 Å². The van der Waals surface area contributed by atoms with Crippen molar-refractivity contribution in [2.75, 3.05) is 31.7 Å². The van der Waals surface area contributed by atoms with Gasteiger partial charge in [0.05, 0.1) is 41.2 Å². The smallest absolute Gasteiger partial charge is 0.261 e. The molecule has 4 aromatic heterocycles. The zero-order valence-electron chi connectivity index (χ0n) is 17.8. The van der Waals surface area contributed by atoms with Crippen LogP contribution in [0.15, 0.2) is 36.1 Å². The quantitative estimate of drug-likeness (QED) is 0.407. The number of anilines is 2. The summed E-state index contributed by atoms with van der Waals surface area (Å²) >= 11 is 1.25. The highest BCUT2D eigenvalue weighted by molar-refractivity contribution is 7.12. The van der Waals surface area contributed by atoms with Gasteiger partial charge in [-0.25, -0.2) is 9.37 Å². The van der Waals surface area contributed by atoms with Crippen molar-refractivity contribution >= 4 is 39.9 Å². The third kappa shape index (κ3) is 4.52. The Bertz CT molecular complexity index is 1280. The van der Waals surface area contributed by atoms with Gasteiger partial charge in [-0.05, 0) is 12.1 Å². The Kier molecular flexibility index (Phi) is 5.92. The van der Waals surface area contributed by atoms with Crippen LogP contribution in [0.1, 0.15) is 16.1 Å². The van der Waals surface area contributed by atoms with Gasteiger partial charge >= 0.3 is 0 Å². The van der Waals surface area contributed by atoms with Crippen LogP contribution in [0.25, 0.3) is 16.7 Å². The third-order valence-electron chi connectivity index (χ3n) is 5.10. The van der Waals surface area contributed by atoms with Crippen LogP contribution in [0, 0.1) is 0 Å². The summed E-state index contributed by atoms with van der Waals surface area (Å²) in [7, 11) is 1.86. The molecule has 1 amide bonds. The molecule has 5 heterocycles. The minimum atomic E-state index is -0.608. The van der Waals surface area contributed by atoms with E-state index in [-0.39, 0.29) is 18.6 Å². The molecule has 0 aliphatic carbocycles. The maximum absolute atomic E-state index is 12.3. The van der Waals surface area contributed by atoms with Gasteiger partial charge < -0.3 is 24.7 Å². The zero-order valence-corrected chi connectivity index (χ0v) is 18.6. The molecule has 0 bridgehead atoms. The highest BCUT2D eigenvalue weighted by Gasteiger charge is 2.22. The van der Waals surface area contributed by atoms with Gasteiger partial charge in [0.25, 0.3) is 5.91 Å². The Morgan fingerprint density at radius 3 is 3.09 bits per heavy atom. The predicted molar refractivity (Wildman–Crippen MR) is 121 cm³/mol. The van der Waals surface area contributed by atoms with Gasteiger partial charge in [-0.15, -0.1) is 11.3 Å². The Balaban J connectivity index is 1.47. The first-order chi connectivity index (χ1) is 16.1. The Morgan fingerprint density at radius 1 is 1.42 bits per heavy atom. The fourth-order valence-corrected chi connectivity index (χ4v) is 4.32. The molecule has 2 N–H and O–H groups in total. The molecule has 1 saturated heterocycles. The van der Waals surface area contributed by atoms with E-state index < -0.39 is 6.67 Å². The molecule has 5 rings (SSSR count). The number of halogens is 1. The first-order valence-electron chi connectivity index (χ1n) is 10.4. The molecule has 0 aromatic carbocycles. The molecule has 12 heteroatoms. The van der Waals surface area contributed by atoms with E-state index in [0.29, 0.717) is 41.1 Å². The van der Waals surface area contributed by atoms with E-state index in [1.807, 2.05) is 30.1 Å². The lowest BCUT2D eigenvalue weighted by Gasteiger charge is -2.14. The summed E-state index contributed by atoms with van der Waals surface area (Å²) in [5.74, 6) is 0.456. The summed E-state index contributed by atoms with van der Waals surface area (Å²) in [6.07, 6.45) is 6.24. The van der Waals surface area contributed by atoms with Gasteiger partial charge in [-0.3, -0.25) is 9.48 Å². The number of nitrogens with zero attached hydrogens (tertiary/aromatic N) is 5. The molecule has 0 unspecified atom stereocenters. The van der Waals surface area contributed by atoms with Crippen LogP contribution in [0.3, 0.4) is 0 Å². The van der Waals surface area contributed by atoms with Gasteiger partial charge in [0.2, 0.25) is 11.8 Å². The summed E-state index contributed by atoms with van der Waals surface area (Å²) in [5, 5.41) is 11.7. The third-order valence-corrected chi connectivity index (χ3v) is 6.03. The number of amides is 1. The molecule has 33 heavy (non-hydrogen) atoms. The van der Waals surface area contributed by atoms with Crippen LogP contribution in [0.5, 0.6) is 5.88 Å². The second-order valence-electron chi connectivity index (χ2n) is 7.52. The van der Waals surface area contributed by atoms with E-state index in [0.717, 1.165) is 17.6 Å². The topological polar surface area (TPSA) is 108 Å². The highest BCUT2D eigenvalue weighted by Crippen LogP contribution is 2.31. The van der Waals surface area contributed by atoms with Gasteiger partial charge in [0, 0.05) is 37.8 Å². The van der Waals surface area contributed by atoms with Crippen molar-refractivity contribution in [2.45, 2.75) is 12.5 Å². The molecular formula is C21H22FN7O3S. The van der Waals surface area contributed by atoms with E-state index in [1.54, 1.807) is 22.3 Å². The number of nitrogens with one attached hydrogen (secondary N) is 2. The monoisotopic (exact) mass is 471 g/mol. The number of thiophene rings is 1. The van der Waals surface area contributed by atoms with Crippen molar-refractivity contribution in [3.05, 3.63) is 41.0 Å². The number of hydrogen-bond acceptors (Lipinski definition) is 8. The van der Waals surface area contributed by atoms with E-state index in [4.69, 9.17) is 9.47 Å². The van der Waals surface area contributed by atoms with Crippen molar-refractivity contribution in [3.63, 3.8) is 0 Å². The number of rotatable bonds is 8. The molecule has 0 saturated carbocycles. The molecule has 10 nitrogen and oxygen atoms in total. The van der Waals surface area contributed by atoms with Crippen LogP contribution in [-0.4, -0.2) is 62.8 Å². The second kappa shape index (κ2) is 9.16. The number of ether oxygens (including phenoxy) is 2.